The van der Waals surface area contributed by atoms with Gasteiger partial charge in [-0.1, -0.05) is 37.3 Å². The van der Waals surface area contributed by atoms with E-state index < -0.39 is 0 Å². The van der Waals surface area contributed by atoms with Crippen LogP contribution in [0.2, 0.25) is 0 Å². The monoisotopic (exact) mass is 246 g/mol. The molecule has 0 aliphatic rings. The number of aromatic nitrogens is 1. The van der Waals surface area contributed by atoms with Gasteiger partial charge < -0.3 is 5.32 Å². The minimum Gasteiger partial charge on any atom is -0.311 e. The summed E-state index contributed by atoms with van der Waals surface area (Å²) in [6.45, 7) is 6.14. The number of hydrogen-bond donors (Lipinski definition) is 1. The molecule has 1 unspecified atom stereocenters. The summed E-state index contributed by atoms with van der Waals surface area (Å²) < 4.78 is 0. The first-order chi connectivity index (χ1) is 8.25. The lowest BCUT2D eigenvalue weighted by atomic mass is 10.0. The first kappa shape index (κ1) is 12.3. The molecular weight excluding hydrogens is 228 g/mol. The van der Waals surface area contributed by atoms with Gasteiger partial charge in [0.25, 0.3) is 0 Å². The molecule has 0 bridgehead atoms. The van der Waals surface area contributed by atoms with E-state index in [1.54, 1.807) is 11.3 Å². The van der Waals surface area contributed by atoms with Crippen LogP contribution >= 0.6 is 11.3 Å². The topological polar surface area (TPSA) is 24.9 Å². The Morgan fingerprint density at radius 2 is 2.06 bits per heavy atom. The minimum atomic E-state index is 0.538. The Morgan fingerprint density at radius 1 is 1.29 bits per heavy atom. The van der Waals surface area contributed by atoms with Crippen molar-refractivity contribution < 1.29 is 0 Å². The molecule has 2 nitrogen and oxygen atoms in total. The third-order valence-corrected chi connectivity index (χ3v) is 3.61. The van der Waals surface area contributed by atoms with Crippen LogP contribution in [0.3, 0.4) is 0 Å². The second-order valence-corrected chi connectivity index (χ2v) is 5.36. The van der Waals surface area contributed by atoms with Crippen LogP contribution in [0, 0.1) is 6.92 Å². The van der Waals surface area contributed by atoms with Crippen LogP contribution in [0.15, 0.2) is 35.7 Å². The maximum Gasteiger partial charge on any atom is 0.0897 e. The fourth-order valence-electron chi connectivity index (χ4n) is 1.81. The molecule has 0 aliphatic heterocycles. The van der Waals surface area contributed by atoms with Gasteiger partial charge in [-0.3, -0.25) is 0 Å². The molecule has 90 valence electrons. The molecule has 3 heteroatoms. The van der Waals surface area contributed by atoms with Gasteiger partial charge in [0.1, 0.15) is 0 Å². The molecule has 0 saturated carbocycles. The highest BCUT2D eigenvalue weighted by atomic mass is 32.1. The molecule has 1 aromatic carbocycles. The van der Waals surface area contributed by atoms with Crippen LogP contribution in [0.1, 0.15) is 29.1 Å². The third kappa shape index (κ3) is 3.65. The highest BCUT2D eigenvalue weighted by molar-refractivity contribution is 7.09. The predicted molar refractivity (Wildman–Crippen MR) is 73.4 cm³/mol. The van der Waals surface area contributed by atoms with Gasteiger partial charge in [0.15, 0.2) is 0 Å². The van der Waals surface area contributed by atoms with E-state index in [2.05, 4.69) is 52.9 Å². The number of rotatable bonds is 5. The van der Waals surface area contributed by atoms with Gasteiger partial charge in [-0.05, 0) is 18.4 Å². The molecule has 0 radical (unpaired) electrons. The SMILES string of the molecule is Cc1nc(CNCC(C)c2ccccc2)cs1. The van der Waals surface area contributed by atoms with E-state index in [-0.39, 0.29) is 0 Å². The summed E-state index contributed by atoms with van der Waals surface area (Å²) >= 11 is 1.71. The minimum absolute atomic E-state index is 0.538. The Bertz CT molecular complexity index is 450. The van der Waals surface area contributed by atoms with Crippen LogP contribution in [-0.2, 0) is 6.54 Å². The van der Waals surface area contributed by atoms with Gasteiger partial charge in [-0.25, -0.2) is 4.98 Å². The maximum atomic E-state index is 4.44. The lowest BCUT2D eigenvalue weighted by Crippen LogP contribution is -2.19. The van der Waals surface area contributed by atoms with E-state index >= 15 is 0 Å². The van der Waals surface area contributed by atoms with Gasteiger partial charge in [0.2, 0.25) is 0 Å². The molecule has 1 atom stereocenters. The molecule has 0 aliphatic carbocycles. The molecule has 2 rings (SSSR count). The van der Waals surface area contributed by atoms with Crippen molar-refractivity contribution in [3.8, 4) is 0 Å². The second-order valence-electron chi connectivity index (χ2n) is 4.30. The molecule has 1 aromatic heterocycles. The van der Waals surface area contributed by atoms with Gasteiger partial charge >= 0.3 is 0 Å². The quantitative estimate of drug-likeness (QED) is 0.875. The van der Waals surface area contributed by atoms with Crippen molar-refractivity contribution >= 4 is 11.3 Å². The Labute approximate surface area is 107 Å². The highest BCUT2D eigenvalue weighted by Gasteiger charge is 2.04. The van der Waals surface area contributed by atoms with Gasteiger partial charge in [-0.15, -0.1) is 11.3 Å². The zero-order valence-corrected chi connectivity index (χ0v) is 11.1. The van der Waals surface area contributed by atoms with Crippen molar-refractivity contribution in [1.29, 1.82) is 0 Å². The number of thiazole rings is 1. The molecule has 0 fully saturated rings. The second kappa shape index (κ2) is 5.94. The molecule has 0 spiro atoms. The number of aryl methyl sites for hydroxylation is 1. The Kier molecular flexibility index (Phi) is 4.29. The van der Waals surface area contributed by atoms with E-state index in [0.29, 0.717) is 5.92 Å². The smallest absolute Gasteiger partial charge is 0.0897 e. The van der Waals surface area contributed by atoms with Crippen molar-refractivity contribution in [3.05, 3.63) is 52.0 Å². The zero-order chi connectivity index (χ0) is 12.1. The number of benzene rings is 1. The van der Waals surface area contributed by atoms with E-state index in [4.69, 9.17) is 0 Å². The van der Waals surface area contributed by atoms with Gasteiger partial charge in [-0.2, -0.15) is 0 Å². The molecule has 2 aromatic rings. The molecule has 1 heterocycles. The van der Waals surface area contributed by atoms with Crippen molar-refractivity contribution in [1.82, 2.24) is 10.3 Å². The Morgan fingerprint density at radius 3 is 2.71 bits per heavy atom. The van der Waals surface area contributed by atoms with Crippen LogP contribution < -0.4 is 5.32 Å². The van der Waals surface area contributed by atoms with Crippen molar-refractivity contribution in [3.63, 3.8) is 0 Å². The summed E-state index contributed by atoms with van der Waals surface area (Å²) in [6, 6.07) is 10.6. The summed E-state index contributed by atoms with van der Waals surface area (Å²) in [5.74, 6) is 0.538. The third-order valence-electron chi connectivity index (χ3n) is 2.79. The fourth-order valence-corrected chi connectivity index (χ4v) is 2.42. The zero-order valence-electron chi connectivity index (χ0n) is 10.3. The van der Waals surface area contributed by atoms with Crippen LogP contribution in [0.25, 0.3) is 0 Å². The van der Waals surface area contributed by atoms with E-state index in [1.807, 2.05) is 6.92 Å². The molecule has 1 N–H and O–H groups in total. The Hall–Kier alpha value is -1.19. The lowest BCUT2D eigenvalue weighted by molar-refractivity contribution is 0.609. The van der Waals surface area contributed by atoms with E-state index in [1.165, 1.54) is 5.56 Å². The summed E-state index contributed by atoms with van der Waals surface area (Å²) in [7, 11) is 0. The first-order valence-electron chi connectivity index (χ1n) is 5.92. The first-order valence-corrected chi connectivity index (χ1v) is 6.80. The summed E-state index contributed by atoms with van der Waals surface area (Å²) in [5, 5.41) is 6.71. The largest absolute Gasteiger partial charge is 0.311 e. The summed E-state index contributed by atoms with van der Waals surface area (Å²) in [4.78, 5) is 4.44. The van der Waals surface area contributed by atoms with Crippen molar-refractivity contribution in [2.24, 2.45) is 0 Å². The molecule has 0 saturated heterocycles. The average Bonchev–Trinajstić information content (AvgIpc) is 2.76. The standard InChI is InChI=1S/C14H18N2S/c1-11(13-6-4-3-5-7-13)8-15-9-14-10-17-12(2)16-14/h3-7,10-11,15H,8-9H2,1-2H3. The highest BCUT2D eigenvalue weighted by Crippen LogP contribution is 2.13. The summed E-state index contributed by atoms with van der Waals surface area (Å²) in [6.07, 6.45) is 0. The lowest BCUT2D eigenvalue weighted by Gasteiger charge is -2.12. The van der Waals surface area contributed by atoms with Crippen molar-refractivity contribution in [2.75, 3.05) is 6.54 Å². The molecule has 17 heavy (non-hydrogen) atoms. The average molecular weight is 246 g/mol. The van der Waals surface area contributed by atoms with Crippen molar-refractivity contribution in [2.45, 2.75) is 26.3 Å². The summed E-state index contributed by atoms with van der Waals surface area (Å²) in [5.41, 5.74) is 2.53. The van der Waals surface area contributed by atoms with Crippen LogP contribution in [0.5, 0.6) is 0 Å². The van der Waals surface area contributed by atoms with Crippen LogP contribution in [-0.4, -0.2) is 11.5 Å². The van der Waals surface area contributed by atoms with E-state index in [9.17, 15) is 0 Å². The van der Waals surface area contributed by atoms with E-state index in [0.717, 1.165) is 23.8 Å². The number of nitrogens with zero attached hydrogens (tertiary/aromatic N) is 1. The van der Waals surface area contributed by atoms with Gasteiger partial charge in [0.05, 0.1) is 10.7 Å². The molecular formula is C14H18N2S. The maximum absolute atomic E-state index is 4.44. The predicted octanol–water partition coefficient (Wildman–Crippen LogP) is 3.34. The molecule has 0 amide bonds. The Balaban J connectivity index is 1.79. The normalized spacial score (nSPS) is 12.6. The fraction of sp³-hybridized carbons (Fsp3) is 0.357. The number of nitrogens with one attached hydrogen (secondary N) is 1. The number of hydrogen-bond acceptors (Lipinski definition) is 3. The van der Waals surface area contributed by atoms with Gasteiger partial charge in [0, 0.05) is 18.5 Å². The van der Waals surface area contributed by atoms with Crippen LogP contribution in [0.4, 0.5) is 0 Å².